The SMILES string of the molecule is Cc1cc(C(O)CNN)ccc1F. The van der Waals surface area contributed by atoms with E-state index in [1.165, 1.54) is 6.07 Å². The number of nitrogens with one attached hydrogen (secondary N) is 1. The highest BCUT2D eigenvalue weighted by molar-refractivity contribution is 5.25. The fourth-order valence-electron chi connectivity index (χ4n) is 1.10. The lowest BCUT2D eigenvalue weighted by Gasteiger charge is -2.10. The molecule has 0 amide bonds. The van der Waals surface area contributed by atoms with E-state index in [0.29, 0.717) is 11.1 Å². The Morgan fingerprint density at radius 2 is 2.31 bits per heavy atom. The standard InChI is InChI=1S/C9H13FN2O/c1-6-4-7(2-3-8(6)10)9(13)5-12-11/h2-4,9,12-13H,5,11H2,1H3. The molecule has 72 valence electrons. The van der Waals surface area contributed by atoms with E-state index >= 15 is 0 Å². The number of hydrogen-bond acceptors (Lipinski definition) is 3. The molecule has 0 radical (unpaired) electrons. The van der Waals surface area contributed by atoms with E-state index < -0.39 is 6.10 Å². The number of hydrazine groups is 1. The minimum atomic E-state index is -0.690. The van der Waals surface area contributed by atoms with Crippen molar-refractivity contribution in [1.82, 2.24) is 5.43 Å². The normalized spacial score (nSPS) is 12.9. The van der Waals surface area contributed by atoms with Gasteiger partial charge in [0.1, 0.15) is 5.82 Å². The summed E-state index contributed by atoms with van der Waals surface area (Å²) >= 11 is 0. The predicted octanol–water partition coefficient (Wildman–Crippen LogP) is 0.631. The first-order valence-corrected chi connectivity index (χ1v) is 4.02. The van der Waals surface area contributed by atoms with Gasteiger partial charge in [-0.3, -0.25) is 11.3 Å². The van der Waals surface area contributed by atoms with Gasteiger partial charge in [-0.2, -0.15) is 0 Å². The van der Waals surface area contributed by atoms with Crippen LogP contribution in [0.2, 0.25) is 0 Å². The van der Waals surface area contributed by atoms with Crippen LogP contribution in [0.5, 0.6) is 0 Å². The largest absolute Gasteiger partial charge is 0.387 e. The molecule has 1 unspecified atom stereocenters. The summed E-state index contributed by atoms with van der Waals surface area (Å²) in [5.41, 5.74) is 3.54. The highest BCUT2D eigenvalue weighted by Crippen LogP contribution is 2.15. The van der Waals surface area contributed by atoms with Crippen molar-refractivity contribution < 1.29 is 9.50 Å². The Bertz CT molecular complexity index is 291. The average Bonchev–Trinajstić information content (AvgIpc) is 2.10. The molecule has 0 spiro atoms. The molecule has 0 fully saturated rings. The molecule has 0 saturated carbocycles. The predicted molar refractivity (Wildman–Crippen MR) is 48.3 cm³/mol. The zero-order valence-electron chi connectivity index (χ0n) is 7.42. The quantitative estimate of drug-likeness (QED) is 0.477. The molecule has 4 heteroatoms. The van der Waals surface area contributed by atoms with Crippen LogP contribution in [0.3, 0.4) is 0 Å². The van der Waals surface area contributed by atoms with Gasteiger partial charge in [0.05, 0.1) is 6.10 Å². The van der Waals surface area contributed by atoms with Crippen molar-refractivity contribution in [3.05, 3.63) is 35.1 Å². The smallest absolute Gasteiger partial charge is 0.126 e. The third-order valence-electron chi connectivity index (χ3n) is 1.88. The second-order valence-corrected chi connectivity index (χ2v) is 2.93. The van der Waals surface area contributed by atoms with Crippen molar-refractivity contribution >= 4 is 0 Å². The monoisotopic (exact) mass is 184 g/mol. The summed E-state index contributed by atoms with van der Waals surface area (Å²) in [5.74, 6) is 4.78. The van der Waals surface area contributed by atoms with E-state index in [4.69, 9.17) is 5.84 Å². The van der Waals surface area contributed by atoms with Crippen LogP contribution < -0.4 is 11.3 Å². The number of rotatable bonds is 3. The molecule has 4 N–H and O–H groups in total. The molecule has 1 rings (SSSR count). The van der Waals surface area contributed by atoms with Crippen molar-refractivity contribution in [2.45, 2.75) is 13.0 Å². The molecule has 0 heterocycles. The third-order valence-corrected chi connectivity index (χ3v) is 1.88. The minimum Gasteiger partial charge on any atom is -0.387 e. The summed E-state index contributed by atoms with van der Waals surface area (Å²) in [7, 11) is 0. The van der Waals surface area contributed by atoms with Gasteiger partial charge in [-0.05, 0) is 24.1 Å². The van der Waals surface area contributed by atoms with E-state index in [1.54, 1.807) is 19.1 Å². The van der Waals surface area contributed by atoms with Crippen molar-refractivity contribution in [3.8, 4) is 0 Å². The maximum Gasteiger partial charge on any atom is 0.126 e. The summed E-state index contributed by atoms with van der Waals surface area (Å²) in [6.07, 6.45) is -0.690. The fourth-order valence-corrected chi connectivity index (χ4v) is 1.10. The molecule has 0 aliphatic rings. The maximum absolute atomic E-state index is 12.8. The van der Waals surface area contributed by atoms with Gasteiger partial charge in [0, 0.05) is 6.54 Å². The van der Waals surface area contributed by atoms with E-state index in [1.807, 2.05) is 0 Å². The van der Waals surface area contributed by atoms with Crippen LogP contribution in [-0.2, 0) is 0 Å². The lowest BCUT2D eigenvalue weighted by atomic mass is 10.1. The lowest BCUT2D eigenvalue weighted by Crippen LogP contribution is -2.27. The lowest BCUT2D eigenvalue weighted by molar-refractivity contribution is 0.175. The van der Waals surface area contributed by atoms with E-state index in [9.17, 15) is 9.50 Å². The summed E-state index contributed by atoms with van der Waals surface area (Å²) in [4.78, 5) is 0. The van der Waals surface area contributed by atoms with Gasteiger partial charge in [0.15, 0.2) is 0 Å². The molecular formula is C9H13FN2O. The molecule has 3 nitrogen and oxygen atoms in total. The van der Waals surface area contributed by atoms with Crippen LogP contribution in [0.25, 0.3) is 0 Å². The van der Waals surface area contributed by atoms with E-state index in [2.05, 4.69) is 5.43 Å². The molecule has 0 saturated heterocycles. The zero-order valence-corrected chi connectivity index (χ0v) is 7.42. The molecule has 1 aromatic rings. The Hall–Kier alpha value is -0.970. The molecule has 0 aliphatic heterocycles. The van der Waals surface area contributed by atoms with Crippen LogP contribution in [0, 0.1) is 12.7 Å². The van der Waals surface area contributed by atoms with Gasteiger partial charge in [-0.15, -0.1) is 0 Å². The molecule has 0 bridgehead atoms. The van der Waals surface area contributed by atoms with E-state index in [-0.39, 0.29) is 12.4 Å². The van der Waals surface area contributed by atoms with Crippen molar-refractivity contribution in [2.75, 3.05) is 6.54 Å². The van der Waals surface area contributed by atoms with Gasteiger partial charge in [-0.1, -0.05) is 12.1 Å². The average molecular weight is 184 g/mol. The van der Waals surface area contributed by atoms with E-state index in [0.717, 1.165) is 0 Å². The highest BCUT2D eigenvalue weighted by Gasteiger charge is 2.07. The Morgan fingerprint density at radius 1 is 1.62 bits per heavy atom. The van der Waals surface area contributed by atoms with Crippen LogP contribution in [-0.4, -0.2) is 11.7 Å². The van der Waals surface area contributed by atoms with Crippen LogP contribution in [0.1, 0.15) is 17.2 Å². The Morgan fingerprint density at radius 3 is 2.85 bits per heavy atom. The van der Waals surface area contributed by atoms with Gasteiger partial charge < -0.3 is 5.11 Å². The van der Waals surface area contributed by atoms with Crippen LogP contribution >= 0.6 is 0 Å². The van der Waals surface area contributed by atoms with Crippen LogP contribution in [0.4, 0.5) is 4.39 Å². The number of halogens is 1. The van der Waals surface area contributed by atoms with Gasteiger partial charge >= 0.3 is 0 Å². The van der Waals surface area contributed by atoms with Crippen LogP contribution in [0.15, 0.2) is 18.2 Å². The minimum absolute atomic E-state index is 0.255. The number of aryl methyl sites for hydroxylation is 1. The first-order chi connectivity index (χ1) is 6.15. The Kier molecular flexibility index (Phi) is 3.36. The first kappa shape index (κ1) is 10.1. The van der Waals surface area contributed by atoms with Gasteiger partial charge in [0.2, 0.25) is 0 Å². The Balaban J connectivity index is 2.84. The van der Waals surface area contributed by atoms with Crippen molar-refractivity contribution in [3.63, 3.8) is 0 Å². The second-order valence-electron chi connectivity index (χ2n) is 2.93. The van der Waals surface area contributed by atoms with Gasteiger partial charge in [-0.25, -0.2) is 4.39 Å². The second kappa shape index (κ2) is 4.32. The summed E-state index contributed by atoms with van der Waals surface area (Å²) in [5, 5.41) is 9.47. The number of aliphatic hydroxyl groups excluding tert-OH is 1. The number of nitrogens with two attached hydrogens (primary N) is 1. The van der Waals surface area contributed by atoms with Gasteiger partial charge in [0.25, 0.3) is 0 Å². The Labute approximate surface area is 76.3 Å². The topological polar surface area (TPSA) is 58.3 Å². The molecular weight excluding hydrogens is 171 g/mol. The highest BCUT2D eigenvalue weighted by atomic mass is 19.1. The van der Waals surface area contributed by atoms with Crippen molar-refractivity contribution in [2.24, 2.45) is 5.84 Å². The molecule has 0 aliphatic carbocycles. The molecule has 1 aromatic carbocycles. The maximum atomic E-state index is 12.8. The molecule has 13 heavy (non-hydrogen) atoms. The zero-order chi connectivity index (χ0) is 9.84. The summed E-state index contributed by atoms with van der Waals surface area (Å²) < 4.78 is 12.8. The first-order valence-electron chi connectivity index (χ1n) is 4.02. The van der Waals surface area contributed by atoms with Crippen molar-refractivity contribution in [1.29, 1.82) is 0 Å². The number of hydrogen-bond donors (Lipinski definition) is 3. The molecule has 1 atom stereocenters. The fraction of sp³-hybridized carbons (Fsp3) is 0.333. The number of benzene rings is 1. The number of aliphatic hydroxyl groups is 1. The summed E-state index contributed by atoms with van der Waals surface area (Å²) in [6, 6.07) is 4.49. The molecule has 0 aromatic heterocycles. The summed E-state index contributed by atoms with van der Waals surface area (Å²) in [6.45, 7) is 1.91. The third kappa shape index (κ3) is 2.48.